The molecular weight excluding hydrogens is 324 g/mol. The number of sulfone groups is 1. The van der Waals surface area contributed by atoms with Gasteiger partial charge in [-0.25, -0.2) is 8.42 Å². The van der Waals surface area contributed by atoms with Crippen molar-refractivity contribution in [2.45, 2.75) is 25.3 Å². The molecule has 1 N–H and O–H groups in total. The smallest absolute Gasteiger partial charge is 0.251 e. The number of amides is 1. The van der Waals surface area contributed by atoms with Crippen LogP contribution in [-0.4, -0.2) is 36.4 Å². The van der Waals surface area contributed by atoms with Crippen molar-refractivity contribution in [2.24, 2.45) is 0 Å². The SMILES string of the molecule is CC1(NC(=O)c2ccnc(Cc3ccccc3)c2)CCS(=O)(=O)C1. The van der Waals surface area contributed by atoms with E-state index >= 15 is 0 Å². The Morgan fingerprint density at radius 1 is 1.25 bits per heavy atom. The minimum atomic E-state index is -3.06. The van der Waals surface area contributed by atoms with Gasteiger partial charge in [0, 0.05) is 23.9 Å². The number of aromatic nitrogens is 1. The highest BCUT2D eigenvalue weighted by Crippen LogP contribution is 2.23. The van der Waals surface area contributed by atoms with Gasteiger partial charge < -0.3 is 5.32 Å². The molecule has 1 aliphatic rings. The van der Waals surface area contributed by atoms with Gasteiger partial charge in [-0.05, 0) is 31.0 Å². The summed E-state index contributed by atoms with van der Waals surface area (Å²) in [7, 11) is -3.06. The molecule has 0 bridgehead atoms. The first-order valence-corrected chi connectivity index (χ1v) is 9.69. The first-order valence-electron chi connectivity index (χ1n) is 7.87. The lowest BCUT2D eigenvalue weighted by atomic mass is 10.0. The molecule has 1 amide bonds. The highest BCUT2D eigenvalue weighted by atomic mass is 32.2. The Morgan fingerprint density at radius 3 is 2.67 bits per heavy atom. The third kappa shape index (κ3) is 4.00. The minimum absolute atomic E-state index is 0.00625. The number of benzene rings is 1. The molecule has 1 aromatic heterocycles. The molecule has 3 rings (SSSR count). The molecule has 6 heteroatoms. The molecule has 1 aromatic carbocycles. The second kappa shape index (κ2) is 6.36. The summed E-state index contributed by atoms with van der Waals surface area (Å²) in [6.07, 6.45) is 2.71. The zero-order valence-corrected chi connectivity index (χ0v) is 14.3. The van der Waals surface area contributed by atoms with Crippen LogP contribution in [0.4, 0.5) is 0 Å². The number of pyridine rings is 1. The van der Waals surface area contributed by atoms with Gasteiger partial charge in [-0.15, -0.1) is 0 Å². The quantitative estimate of drug-likeness (QED) is 0.920. The van der Waals surface area contributed by atoms with Crippen molar-refractivity contribution in [3.05, 3.63) is 65.5 Å². The van der Waals surface area contributed by atoms with Crippen LogP contribution < -0.4 is 5.32 Å². The highest BCUT2D eigenvalue weighted by molar-refractivity contribution is 7.91. The van der Waals surface area contributed by atoms with E-state index in [1.807, 2.05) is 30.3 Å². The van der Waals surface area contributed by atoms with Crippen molar-refractivity contribution in [1.29, 1.82) is 0 Å². The van der Waals surface area contributed by atoms with Crippen LogP contribution >= 0.6 is 0 Å². The first-order chi connectivity index (χ1) is 11.4. The maximum Gasteiger partial charge on any atom is 0.251 e. The Kier molecular flexibility index (Phi) is 4.41. The highest BCUT2D eigenvalue weighted by Gasteiger charge is 2.39. The van der Waals surface area contributed by atoms with Crippen LogP contribution in [-0.2, 0) is 16.3 Å². The van der Waals surface area contributed by atoms with Crippen LogP contribution in [0.2, 0.25) is 0 Å². The van der Waals surface area contributed by atoms with Gasteiger partial charge in [0.25, 0.3) is 5.91 Å². The van der Waals surface area contributed by atoms with E-state index < -0.39 is 15.4 Å². The fourth-order valence-electron chi connectivity index (χ4n) is 2.98. The second-order valence-electron chi connectivity index (χ2n) is 6.56. The Labute approximate surface area is 142 Å². The van der Waals surface area contributed by atoms with E-state index in [9.17, 15) is 13.2 Å². The van der Waals surface area contributed by atoms with E-state index in [-0.39, 0.29) is 17.4 Å². The summed E-state index contributed by atoms with van der Waals surface area (Å²) in [6, 6.07) is 13.3. The molecule has 2 heterocycles. The molecule has 1 saturated heterocycles. The van der Waals surface area contributed by atoms with E-state index in [2.05, 4.69) is 10.3 Å². The molecule has 2 aromatic rings. The first kappa shape index (κ1) is 16.6. The van der Waals surface area contributed by atoms with Gasteiger partial charge in [0.05, 0.1) is 17.0 Å². The molecule has 1 unspecified atom stereocenters. The monoisotopic (exact) mass is 344 g/mol. The van der Waals surface area contributed by atoms with Crippen LogP contribution in [0, 0.1) is 0 Å². The normalized spacial score (nSPS) is 22.2. The van der Waals surface area contributed by atoms with Crippen molar-refractivity contribution in [3.63, 3.8) is 0 Å². The summed E-state index contributed by atoms with van der Waals surface area (Å²) >= 11 is 0. The number of carbonyl (C=O) groups is 1. The molecule has 1 aliphatic heterocycles. The summed E-state index contributed by atoms with van der Waals surface area (Å²) in [5, 5.41) is 2.87. The zero-order valence-electron chi connectivity index (χ0n) is 13.5. The minimum Gasteiger partial charge on any atom is -0.346 e. The standard InChI is InChI=1S/C18H20N2O3S/c1-18(8-10-24(22,23)13-18)20-17(21)15-7-9-19-16(12-15)11-14-5-3-2-4-6-14/h2-7,9,12H,8,10-11,13H2,1H3,(H,20,21). The van der Waals surface area contributed by atoms with Gasteiger partial charge in [-0.3, -0.25) is 9.78 Å². The lowest BCUT2D eigenvalue weighted by molar-refractivity contribution is 0.0915. The second-order valence-corrected chi connectivity index (χ2v) is 8.74. The van der Waals surface area contributed by atoms with E-state index in [0.717, 1.165) is 11.3 Å². The Hall–Kier alpha value is -2.21. The average molecular weight is 344 g/mol. The molecule has 0 saturated carbocycles. The summed E-state index contributed by atoms with van der Waals surface area (Å²) < 4.78 is 23.3. The van der Waals surface area contributed by atoms with Gasteiger partial charge in [0.2, 0.25) is 0 Å². The third-order valence-corrected chi connectivity index (χ3v) is 6.13. The topological polar surface area (TPSA) is 76.1 Å². The largest absolute Gasteiger partial charge is 0.346 e. The molecule has 5 nitrogen and oxygen atoms in total. The molecule has 1 fully saturated rings. The van der Waals surface area contributed by atoms with E-state index in [1.165, 1.54) is 0 Å². The van der Waals surface area contributed by atoms with Crippen LogP contribution in [0.5, 0.6) is 0 Å². The van der Waals surface area contributed by atoms with Gasteiger partial charge >= 0.3 is 0 Å². The van der Waals surface area contributed by atoms with E-state index in [1.54, 1.807) is 25.3 Å². The summed E-state index contributed by atoms with van der Waals surface area (Å²) in [5.41, 5.74) is 1.73. The number of carbonyl (C=O) groups excluding carboxylic acids is 1. The maximum atomic E-state index is 12.5. The third-order valence-electron chi connectivity index (χ3n) is 4.23. The Morgan fingerprint density at radius 2 is 2.00 bits per heavy atom. The van der Waals surface area contributed by atoms with Crippen molar-refractivity contribution in [2.75, 3.05) is 11.5 Å². The maximum absolute atomic E-state index is 12.5. The predicted molar refractivity (Wildman–Crippen MR) is 92.6 cm³/mol. The Bertz CT molecular complexity index is 850. The molecule has 0 spiro atoms. The van der Waals surface area contributed by atoms with E-state index in [0.29, 0.717) is 18.4 Å². The fourth-order valence-corrected chi connectivity index (χ4v) is 5.07. The van der Waals surface area contributed by atoms with Crippen molar-refractivity contribution in [3.8, 4) is 0 Å². The van der Waals surface area contributed by atoms with Crippen LogP contribution in [0.1, 0.15) is 35.0 Å². The lowest BCUT2D eigenvalue weighted by Gasteiger charge is -2.23. The number of hydrogen-bond donors (Lipinski definition) is 1. The van der Waals surface area contributed by atoms with Gasteiger partial charge in [0.15, 0.2) is 9.84 Å². The van der Waals surface area contributed by atoms with Crippen molar-refractivity contribution in [1.82, 2.24) is 10.3 Å². The van der Waals surface area contributed by atoms with Crippen LogP contribution in [0.25, 0.3) is 0 Å². The number of rotatable bonds is 4. The van der Waals surface area contributed by atoms with Crippen LogP contribution in [0.15, 0.2) is 48.7 Å². The van der Waals surface area contributed by atoms with Crippen LogP contribution in [0.3, 0.4) is 0 Å². The predicted octanol–water partition coefficient (Wildman–Crippen LogP) is 1.98. The fraction of sp³-hybridized carbons (Fsp3) is 0.333. The average Bonchev–Trinajstić information content (AvgIpc) is 2.82. The summed E-state index contributed by atoms with van der Waals surface area (Å²) in [5.74, 6) is -0.140. The molecular formula is C18H20N2O3S. The number of nitrogens with one attached hydrogen (secondary N) is 1. The molecule has 0 radical (unpaired) electrons. The zero-order chi connectivity index (χ0) is 17.2. The van der Waals surface area contributed by atoms with Gasteiger partial charge in [-0.2, -0.15) is 0 Å². The van der Waals surface area contributed by atoms with Crippen molar-refractivity contribution >= 4 is 15.7 Å². The summed E-state index contributed by atoms with van der Waals surface area (Å²) in [4.78, 5) is 16.8. The summed E-state index contributed by atoms with van der Waals surface area (Å²) in [6.45, 7) is 1.78. The molecule has 24 heavy (non-hydrogen) atoms. The van der Waals surface area contributed by atoms with Gasteiger partial charge in [0.1, 0.15) is 0 Å². The lowest BCUT2D eigenvalue weighted by Crippen LogP contribution is -2.46. The number of nitrogens with zero attached hydrogens (tertiary/aromatic N) is 1. The Balaban J connectivity index is 1.73. The van der Waals surface area contributed by atoms with Gasteiger partial charge in [-0.1, -0.05) is 30.3 Å². The van der Waals surface area contributed by atoms with Crippen molar-refractivity contribution < 1.29 is 13.2 Å². The molecule has 126 valence electrons. The molecule has 1 atom stereocenters. The number of hydrogen-bond acceptors (Lipinski definition) is 4. The van der Waals surface area contributed by atoms with E-state index in [4.69, 9.17) is 0 Å². The molecule has 0 aliphatic carbocycles.